The van der Waals surface area contributed by atoms with Crippen molar-refractivity contribution in [2.24, 2.45) is 11.8 Å². The van der Waals surface area contributed by atoms with Crippen LogP contribution in [0.15, 0.2) is 0 Å². The Labute approximate surface area is 215 Å². The molecule has 0 radical (unpaired) electrons. The summed E-state index contributed by atoms with van der Waals surface area (Å²) >= 11 is 2.92. The van der Waals surface area contributed by atoms with Gasteiger partial charge in [-0.25, -0.2) is 0 Å². The van der Waals surface area contributed by atoms with E-state index in [0.717, 1.165) is 36.2 Å². The fourth-order valence-corrected chi connectivity index (χ4v) is 3.62. The summed E-state index contributed by atoms with van der Waals surface area (Å²) in [6.07, 6.45) is 9.80. The first kappa shape index (κ1) is 32.9. The first-order chi connectivity index (χ1) is 12.3. The Kier molecular flexibility index (Phi) is 30.7. The van der Waals surface area contributed by atoms with Gasteiger partial charge in [0.2, 0.25) is 0 Å². The van der Waals surface area contributed by atoms with Crippen LogP contribution in [0.3, 0.4) is 0 Å². The molecule has 0 saturated carbocycles. The molecule has 0 amide bonds. The van der Waals surface area contributed by atoms with Gasteiger partial charge in [0.05, 0.1) is 11.9 Å². The smallest absolute Gasteiger partial charge is 0.549 e. The van der Waals surface area contributed by atoms with Gasteiger partial charge in [-0.3, -0.25) is 0 Å². The average Bonchev–Trinajstić information content (AvgIpc) is 2.52. The van der Waals surface area contributed by atoms with E-state index < -0.39 is 11.9 Å². The maximum Gasteiger partial charge on any atom is 2.00 e. The van der Waals surface area contributed by atoms with Crippen LogP contribution in [0.4, 0.5) is 0 Å². The maximum atomic E-state index is 10.0. The molecule has 0 heterocycles. The Morgan fingerprint density at radius 2 is 1.00 bits per heavy atom. The topological polar surface area (TPSA) is 80.3 Å². The molecule has 0 aromatic rings. The summed E-state index contributed by atoms with van der Waals surface area (Å²) in [7, 11) is 0. The number of carbonyl (C=O) groups excluding carboxylic acids is 2. The summed E-state index contributed by atoms with van der Waals surface area (Å²) in [5, 5.41) is 20.1. The van der Waals surface area contributed by atoms with E-state index in [1.807, 2.05) is 0 Å². The number of aliphatic carboxylic acids is 2. The summed E-state index contributed by atoms with van der Waals surface area (Å²) in [6.45, 7) is 8.91. The van der Waals surface area contributed by atoms with Crippen LogP contribution in [0.5, 0.6) is 0 Å². The molecule has 0 bridgehead atoms. The molecule has 0 aliphatic rings. The van der Waals surface area contributed by atoms with E-state index in [1.54, 1.807) is 0 Å². The summed E-state index contributed by atoms with van der Waals surface area (Å²) in [6, 6.07) is 0. The molecule has 27 heavy (non-hydrogen) atoms. The van der Waals surface area contributed by atoms with Gasteiger partial charge in [-0.15, -0.1) is 0 Å². The molecule has 0 atom stereocenters. The van der Waals surface area contributed by atoms with Gasteiger partial charge in [0, 0.05) is 11.5 Å². The second kappa shape index (κ2) is 25.2. The second-order valence-electron chi connectivity index (χ2n) is 7.34. The van der Waals surface area contributed by atoms with Crippen molar-refractivity contribution in [2.45, 2.75) is 79.1 Å². The first-order valence-electron chi connectivity index (χ1n) is 9.80. The van der Waals surface area contributed by atoms with Crippen LogP contribution in [0, 0.1) is 11.8 Å². The largest absolute Gasteiger partial charge is 2.00 e. The van der Waals surface area contributed by atoms with Crippen molar-refractivity contribution in [3.8, 4) is 0 Å². The van der Waals surface area contributed by atoms with Crippen molar-refractivity contribution in [2.75, 3.05) is 23.0 Å². The zero-order chi connectivity index (χ0) is 20.2. The standard InChI is InChI=1S/2C10H20O2S.Ba/c2*1-9(2)6-4-3-5-7-13-8-10(11)12;/h2*9H,3-8H2,1-2H3,(H,11,12);/q;;+2/p-2. The molecule has 0 fully saturated rings. The van der Waals surface area contributed by atoms with Crippen molar-refractivity contribution >= 4 is 84.3 Å². The van der Waals surface area contributed by atoms with E-state index >= 15 is 0 Å². The third kappa shape index (κ3) is 38.4. The second-order valence-corrected chi connectivity index (χ2v) is 9.55. The minimum Gasteiger partial charge on any atom is -0.549 e. The van der Waals surface area contributed by atoms with Gasteiger partial charge in [0.25, 0.3) is 0 Å². The Hall–Kier alpha value is 1.21. The number of thioether (sulfide) groups is 2. The number of carbonyl (C=O) groups is 2. The summed E-state index contributed by atoms with van der Waals surface area (Å²) < 4.78 is 0. The average molecular weight is 544 g/mol. The molecule has 0 aromatic carbocycles. The monoisotopic (exact) mass is 544 g/mol. The molecule has 0 spiro atoms. The molecule has 4 nitrogen and oxygen atoms in total. The molecule has 0 N–H and O–H groups in total. The number of hydrogen-bond donors (Lipinski definition) is 0. The van der Waals surface area contributed by atoms with Crippen LogP contribution in [-0.4, -0.2) is 83.8 Å². The SMILES string of the molecule is CC(C)CCCCCSCC(=O)[O-].CC(C)CCCCCSCC(=O)[O-].[Ba+2]. The van der Waals surface area contributed by atoms with Gasteiger partial charge in [-0.2, -0.15) is 23.5 Å². The molecule has 0 aliphatic carbocycles. The molecule has 0 rings (SSSR count). The predicted octanol–water partition coefficient (Wildman–Crippen LogP) is 2.99. The van der Waals surface area contributed by atoms with Crippen LogP contribution >= 0.6 is 23.5 Å². The first-order valence-corrected chi connectivity index (χ1v) is 12.1. The normalized spacial score (nSPS) is 10.3. The summed E-state index contributed by atoms with van der Waals surface area (Å²) in [5.41, 5.74) is 0. The van der Waals surface area contributed by atoms with Gasteiger partial charge < -0.3 is 19.8 Å². The van der Waals surface area contributed by atoms with Crippen LogP contribution in [0.2, 0.25) is 0 Å². The zero-order valence-electron chi connectivity index (χ0n) is 17.8. The number of carboxylic acids is 2. The van der Waals surface area contributed by atoms with Crippen molar-refractivity contribution in [3.05, 3.63) is 0 Å². The van der Waals surface area contributed by atoms with Crippen LogP contribution in [0.25, 0.3) is 0 Å². The van der Waals surface area contributed by atoms with Crippen molar-refractivity contribution in [1.29, 1.82) is 0 Å². The zero-order valence-corrected chi connectivity index (χ0v) is 23.9. The fourth-order valence-electron chi connectivity index (χ4n) is 2.18. The molecule has 0 aromatic heterocycles. The third-order valence-corrected chi connectivity index (χ3v) is 5.61. The number of carboxylic acid groups (broad SMARTS) is 2. The van der Waals surface area contributed by atoms with Gasteiger partial charge >= 0.3 is 48.9 Å². The quantitative estimate of drug-likeness (QED) is 0.220. The number of rotatable bonds is 16. The van der Waals surface area contributed by atoms with Crippen molar-refractivity contribution in [3.63, 3.8) is 0 Å². The molecule has 7 heteroatoms. The fraction of sp³-hybridized carbons (Fsp3) is 0.900. The van der Waals surface area contributed by atoms with E-state index in [9.17, 15) is 19.8 Å². The van der Waals surface area contributed by atoms with Crippen molar-refractivity contribution in [1.82, 2.24) is 0 Å². The van der Waals surface area contributed by atoms with E-state index in [4.69, 9.17) is 0 Å². The predicted molar refractivity (Wildman–Crippen MR) is 117 cm³/mol. The van der Waals surface area contributed by atoms with Crippen LogP contribution < -0.4 is 10.2 Å². The Morgan fingerprint density at radius 3 is 1.26 bits per heavy atom. The van der Waals surface area contributed by atoms with E-state index in [1.165, 1.54) is 62.0 Å². The summed E-state index contributed by atoms with van der Waals surface area (Å²) in [5.74, 6) is 1.86. The van der Waals surface area contributed by atoms with Gasteiger partial charge in [0.15, 0.2) is 0 Å². The van der Waals surface area contributed by atoms with Crippen LogP contribution in [-0.2, 0) is 9.59 Å². The van der Waals surface area contributed by atoms with E-state index in [0.29, 0.717) is 0 Å². The van der Waals surface area contributed by atoms with Gasteiger partial charge in [0.1, 0.15) is 0 Å². The molecule has 0 unspecified atom stereocenters. The van der Waals surface area contributed by atoms with Gasteiger partial charge in [-0.05, 0) is 36.2 Å². The Morgan fingerprint density at radius 1 is 0.667 bits per heavy atom. The minimum atomic E-state index is -0.952. The van der Waals surface area contributed by atoms with E-state index in [2.05, 4.69) is 27.7 Å². The minimum absolute atomic E-state index is 0. The maximum absolute atomic E-state index is 10.0. The summed E-state index contributed by atoms with van der Waals surface area (Å²) in [4.78, 5) is 20.1. The molecular weight excluding hydrogens is 506 g/mol. The van der Waals surface area contributed by atoms with Crippen LogP contribution in [0.1, 0.15) is 79.1 Å². The Bertz CT molecular complexity index is 308. The van der Waals surface area contributed by atoms with Gasteiger partial charge in [-0.1, -0.05) is 66.2 Å². The Balaban J connectivity index is -0.000000411. The molecular formula is C20H38BaO4S2. The van der Waals surface area contributed by atoms with Crippen molar-refractivity contribution < 1.29 is 19.8 Å². The number of unbranched alkanes of at least 4 members (excludes halogenated alkanes) is 4. The molecule has 0 aliphatic heterocycles. The number of hydrogen-bond acceptors (Lipinski definition) is 6. The molecule has 0 saturated heterocycles. The van der Waals surface area contributed by atoms with E-state index in [-0.39, 0.29) is 60.4 Å². The third-order valence-electron chi connectivity index (χ3n) is 3.58. The molecule has 156 valence electrons.